The van der Waals surface area contributed by atoms with Crippen LogP contribution < -0.4 is 0 Å². The van der Waals surface area contributed by atoms with Gasteiger partial charge in [-0.2, -0.15) is 0 Å². The second-order valence-corrected chi connectivity index (χ2v) is 4.76. The van der Waals surface area contributed by atoms with Crippen molar-refractivity contribution in [2.24, 2.45) is 0 Å². The molecule has 0 aliphatic rings. The van der Waals surface area contributed by atoms with Gasteiger partial charge in [0, 0.05) is 28.2 Å². The summed E-state index contributed by atoms with van der Waals surface area (Å²) in [4.78, 5) is 9.96. The molecule has 0 fully saturated rings. The van der Waals surface area contributed by atoms with Crippen LogP contribution in [0.15, 0.2) is 24.5 Å². The highest BCUT2D eigenvalue weighted by molar-refractivity contribution is 9.08. The highest BCUT2D eigenvalue weighted by Crippen LogP contribution is 2.29. The van der Waals surface area contributed by atoms with Crippen LogP contribution in [0.4, 0.5) is 0 Å². The van der Waals surface area contributed by atoms with Gasteiger partial charge < -0.3 is 0 Å². The number of halogens is 1. The number of alkyl halides is 1. The molecular formula is C11H11BrN2S. The SMILES string of the molecule is CCc1nc(-c2ccncc2)sc1CBr. The third-order valence-corrected chi connectivity index (χ3v) is 4.24. The Morgan fingerprint density at radius 1 is 1.33 bits per heavy atom. The van der Waals surface area contributed by atoms with Gasteiger partial charge in [-0.05, 0) is 18.6 Å². The minimum atomic E-state index is 0.888. The van der Waals surface area contributed by atoms with Crippen LogP contribution in [0.1, 0.15) is 17.5 Å². The van der Waals surface area contributed by atoms with Gasteiger partial charge in [0.05, 0.1) is 5.69 Å². The van der Waals surface area contributed by atoms with E-state index >= 15 is 0 Å². The maximum atomic E-state index is 4.63. The van der Waals surface area contributed by atoms with Crippen molar-refractivity contribution in [3.05, 3.63) is 35.1 Å². The average molecular weight is 283 g/mol. The van der Waals surface area contributed by atoms with Crippen molar-refractivity contribution in [1.82, 2.24) is 9.97 Å². The van der Waals surface area contributed by atoms with Crippen LogP contribution in [0.2, 0.25) is 0 Å². The Labute approximate surface area is 102 Å². The molecule has 0 aromatic carbocycles. The molecule has 2 nitrogen and oxygen atoms in total. The van der Waals surface area contributed by atoms with Crippen LogP contribution in [0, 0.1) is 0 Å². The molecule has 0 aliphatic heterocycles. The summed E-state index contributed by atoms with van der Waals surface area (Å²) in [5.74, 6) is 0. The molecule has 15 heavy (non-hydrogen) atoms. The van der Waals surface area contributed by atoms with Gasteiger partial charge in [-0.3, -0.25) is 4.98 Å². The van der Waals surface area contributed by atoms with Crippen molar-refractivity contribution >= 4 is 27.3 Å². The fourth-order valence-electron chi connectivity index (χ4n) is 1.38. The third kappa shape index (κ3) is 2.26. The minimum absolute atomic E-state index is 0.888. The molecule has 2 aromatic heterocycles. The minimum Gasteiger partial charge on any atom is -0.265 e. The highest BCUT2D eigenvalue weighted by Gasteiger charge is 2.09. The molecule has 0 N–H and O–H groups in total. The smallest absolute Gasteiger partial charge is 0.124 e. The lowest BCUT2D eigenvalue weighted by Gasteiger charge is -1.92. The zero-order chi connectivity index (χ0) is 10.7. The molecule has 0 amide bonds. The van der Waals surface area contributed by atoms with Gasteiger partial charge in [0.25, 0.3) is 0 Å². The normalized spacial score (nSPS) is 10.5. The summed E-state index contributed by atoms with van der Waals surface area (Å²) in [5.41, 5.74) is 2.35. The van der Waals surface area contributed by atoms with Crippen LogP contribution in [0.5, 0.6) is 0 Å². The van der Waals surface area contributed by atoms with Crippen molar-refractivity contribution in [3.8, 4) is 10.6 Å². The quantitative estimate of drug-likeness (QED) is 0.803. The molecule has 0 radical (unpaired) electrons. The fraction of sp³-hybridized carbons (Fsp3) is 0.273. The van der Waals surface area contributed by atoms with Crippen LogP contribution in [0.25, 0.3) is 10.6 Å². The Balaban J connectivity index is 2.42. The monoisotopic (exact) mass is 282 g/mol. The lowest BCUT2D eigenvalue weighted by Crippen LogP contribution is -1.84. The van der Waals surface area contributed by atoms with Gasteiger partial charge in [-0.25, -0.2) is 4.98 Å². The Kier molecular flexibility index (Phi) is 3.49. The first kappa shape index (κ1) is 10.8. The summed E-state index contributed by atoms with van der Waals surface area (Å²) in [6.07, 6.45) is 4.59. The molecule has 2 aromatic rings. The summed E-state index contributed by atoms with van der Waals surface area (Å²) in [6, 6.07) is 3.99. The first-order chi connectivity index (χ1) is 7.35. The third-order valence-electron chi connectivity index (χ3n) is 2.16. The van der Waals surface area contributed by atoms with E-state index in [-0.39, 0.29) is 0 Å². The molecule has 2 rings (SSSR count). The van der Waals surface area contributed by atoms with Crippen LogP contribution in [0.3, 0.4) is 0 Å². The van der Waals surface area contributed by atoms with Crippen molar-refractivity contribution in [1.29, 1.82) is 0 Å². The van der Waals surface area contributed by atoms with Crippen molar-refractivity contribution < 1.29 is 0 Å². The maximum absolute atomic E-state index is 4.63. The topological polar surface area (TPSA) is 25.8 Å². The fourth-order valence-corrected chi connectivity index (χ4v) is 3.05. The van der Waals surface area contributed by atoms with Gasteiger partial charge in [-0.1, -0.05) is 22.9 Å². The molecule has 0 saturated heterocycles. The van der Waals surface area contributed by atoms with Gasteiger partial charge in [0.2, 0.25) is 0 Å². The van der Waals surface area contributed by atoms with Gasteiger partial charge in [0.15, 0.2) is 0 Å². The van der Waals surface area contributed by atoms with Crippen LogP contribution in [-0.2, 0) is 11.8 Å². The van der Waals surface area contributed by atoms with Crippen molar-refractivity contribution in [2.75, 3.05) is 0 Å². The van der Waals surface area contributed by atoms with Crippen LogP contribution in [-0.4, -0.2) is 9.97 Å². The number of aromatic nitrogens is 2. The predicted octanol–water partition coefficient (Wildman–Crippen LogP) is 3.66. The summed E-state index contributed by atoms with van der Waals surface area (Å²) in [5, 5.41) is 1.97. The van der Waals surface area contributed by atoms with E-state index in [0.29, 0.717) is 0 Å². The Morgan fingerprint density at radius 3 is 2.60 bits per heavy atom. The lowest BCUT2D eigenvalue weighted by molar-refractivity contribution is 1.04. The number of aryl methyl sites for hydroxylation is 1. The summed E-state index contributed by atoms with van der Waals surface area (Å²) in [6.45, 7) is 2.14. The van der Waals surface area contributed by atoms with Crippen molar-refractivity contribution in [3.63, 3.8) is 0 Å². The summed E-state index contributed by atoms with van der Waals surface area (Å²) < 4.78 is 0. The van der Waals surface area contributed by atoms with E-state index in [0.717, 1.165) is 22.3 Å². The molecule has 0 saturated carbocycles. The van der Waals surface area contributed by atoms with Crippen molar-refractivity contribution in [2.45, 2.75) is 18.7 Å². The van der Waals surface area contributed by atoms with Gasteiger partial charge in [0.1, 0.15) is 5.01 Å². The second kappa shape index (κ2) is 4.86. The number of thiazole rings is 1. The molecule has 2 heterocycles. The number of rotatable bonds is 3. The molecule has 0 aliphatic carbocycles. The number of pyridine rings is 1. The number of hydrogen-bond donors (Lipinski definition) is 0. The van der Waals surface area contributed by atoms with Gasteiger partial charge in [-0.15, -0.1) is 11.3 Å². The Morgan fingerprint density at radius 2 is 2.07 bits per heavy atom. The van der Waals surface area contributed by atoms with Gasteiger partial charge >= 0.3 is 0 Å². The maximum Gasteiger partial charge on any atom is 0.124 e. The number of hydrogen-bond acceptors (Lipinski definition) is 3. The summed E-state index contributed by atoms with van der Waals surface area (Å²) in [7, 11) is 0. The van der Waals surface area contributed by atoms with E-state index in [1.807, 2.05) is 12.1 Å². The van der Waals surface area contributed by atoms with E-state index in [4.69, 9.17) is 0 Å². The molecule has 0 spiro atoms. The zero-order valence-corrected chi connectivity index (χ0v) is 10.8. The first-order valence-corrected chi connectivity index (χ1v) is 6.74. The molecular weight excluding hydrogens is 272 g/mol. The van der Waals surface area contributed by atoms with Crippen LogP contribution >= 0.6 is 27.3 Å². The standard InChI is InChI=1S/C11H11BrN2S/c1-2-9-10(7-12)15-11(14-9)8-3-5-13-6-4-8/h3-6H,2,7H2,1H3. The molecule has 0 atom stereocenters. The highest BCUT2D eigenvalue weighted by atomic mass is 79.9. The Bertz CT molecular complexity index is 418. The average Bonchev–Trinajstić information content (AvgIpc) is 2.73. The summed E-state index contributed by atoms with van der Waals surface area (Å²) >= 11 is 5.24. The van der Waals surface area contributed by atoms with E-state index < -0.39 is 0 Å². The first-order valence-electron chi connectivity index (χ1n) is 4.80. The zero-order valence-electron chi connectivity index (χ0n) is 8.40. The second-order valence-electron chi connectivity index (χ2n) is 3.11. The Hall–Kier alpha value is -0.740. The largest absolute Gasteiger partial charge is 0.265 e. The van der Waals surface area contributed by atoms with E-state index in [1.165, 1.54) is 10.6 Å². The van der Waals surface area contributed by atoms with E-state index in [1.54, 1.807) is 23.7 Å². The van der Waals surface area contributed by atoms with E-state index in [9.17, 15) is 0 Å². The molecule has 0 unspecified atom stereocenters. The lowest BCUT2D eigenvalue weighted by atomic mass is 10.3. The number of nitrogens with zero attached hydrogens (tertiary/aromatic N) is 2. The predicted molar refractivity (Wildman–Crippen MR) is 67.4 cm³/mol. The molecule has 4 heteroatoms. The molecule has 78 valence electrons. The molecule has 0 bridgehead atoms. The van der Waals surface area contributed by atoms with E-state index in [2.05, 4.69) is 32.8 Å².